The van der Waals surface area contributed by atoms with Crippen LogP contribution in [0.3, 0.4) is 0 Å². The van der Waals surface area contributed by atoms with E-state index in [1.807, 2.05) is 51.1 Å². The van der Waals surface area contributed by atoms with Crippen LogP contribution in [0.15, 0.2) is 30.3 Å². The van der Waals surface area contributed by atoms with Crippen LogP contribution in [0.1, 0.15) is 26.3 Å². The molecular weight excluding hydrogens is 336 g/mol. The number of nitrogens with zero attached hydrogens (tertiary/aromatic N) is 2. The third-order valence-electron chi connectivity index (χ3n) is 6.05. The minimum atomic E-state index is -0.900. The molecule has 0 aromatic heterocycles. The first kappa shape index (κ1) is 18.8. The van der Waals surface area contributed by atoms with Crippen LogP contribution in [0.4, 0.5) is 9.59 Å². The summed E-state index contributed by atoms with van der Waals surface area (Å²) in [6.45, 7) is 7.13. The number of amides is 2. The number of ether oxygens (including phenoxy) is 1. The normalized spacial score (nSPS) is 34.3. The molecule has 2 N–H and O–H groups in total. The minimum absolute atomic E-state index is 0.130. The summed E-state index contributed by atoms with van der Waals surface area (Å²) >= 11 is 0. The Morgan fingerprint density at radius 2 is 1.58 bits per heavy atom. The second-order valence-corrected chi connectivity index (χ2v) is 8.51. The fourth-order valence-corrected chi connectivity index (χ4v) is 5.10. The van der Waals surface area contributed by atoms with E-state index in [-0.39, 0.29) is 35.3 Å². The van der Waals surface area contributed by atoms with Crippen LogP contribution in [0.2, 0.25) is 0 Å². The van der Waals surface area contributed by atoms with Gasteiger partial charge in [-0.25, -0.2) is 4.48 Å². The molecule has 0 saturated carbocycles. The number of carbonyl (C=O) groups is 2. The molecule has 2 bridgehead atoms. The van der Waals surface area contributed by atoms with Gasteiger partial charge in [-0.15, -0.1) is 0 Å². The first-order chi connectivity index (χ1) is 12.1. The molecule has 2 amide bonds. The van der Waals surface area contributed by atoms with Gasteiger partial charge in [-0.3, -0.25) is 0 Å². The fraction of sp³-hybridized carbons (Fsp3) is 0.579. The summed E-state index contributed by atoms with van der Waals surface area (Å²) in [5.41, 5.74) is 0.395. The average Bonchev–Trinajstić information content (AvgIpc) is 2.53. The number of quaternary nitrogens is 2. The van der Waals surface area contributed by atoms with Gasteiger partial charge in [-0.2, -0.15) is 14.1 Å². The third kappa shape index (κ3) is 2.71. The standard InChI is InChI=1S/C19H26N2O5/c1-19(2,3)21(18(24)25)15-10-20(17(22)23,11-16(21)13-26-12-15)9-14-7-5-4-6-8-14/h4-8,15-16H,9-13H2,1-3H3/p+2. The Bertz CT molecular complexity index is 684. The van der Waals surface area contributed by atoms with E-state index in [1.165, 1.54) is 0 Å². The lowest BCUT2D eigenvalue weighted by Gasteiger charge is -2.59. The predicted molar refractivity (Wildman–Crippen MR) is 94.6 cm³/mol. The second kappa shape index (κ2) is 6.33. The highest BCUT2D eigenvalue weighted by Gasteiger charge is 2.68. The predicted octanol–water partition coefficient (Wildman–Crippen LogP) is 2.76. The number of rotatable bonds is 2. The summed E-state index contributed by atoms with van der Waals surface area (Å²) in [6, 6.07) is 8.74. The number of benzene rings is 1. The van der Waals surface area contributed by atoms with Gasteiger partial charge in [0.1, 0.15) is 38.4 Å². The molecule has 142 valence electrons. The van der Waals surface area contributed by atoms with Crippen molar-refractivity contribution in [2.24, 2.45) is 0 Å². The number of carboxylic acid groups (broad SMARTS) is 2. The van der Waals surface area contributed by atoms with Crippen molar-refractivity contribution in [3.05, 3.63) is 35.9 Å². The van der Waals surface area contributed by atoms with Crippen LogP contribution < -0.4 is 0 Å². The van der Waals surface area contributed by atoms with Crippen molar-refractivity contribution in [2.45, 2.75) is 44.9 Å². The molecule has 2 aliphatic heterocycles. The van der Waals surface area contributed by atoms with E-state index >= 15 is 0 Å². The van der Waals surface area contributed by atoms with E-state index < -0.39 is 29.8 Å². The number of hydrogen-bond acceptors (Lipinski definition) is 3. The Kier molecular flexibility index (Phi) is 4.58. The van der Waals surface area contributed by atoms with Crippen molar-refractivity contribution >= 4 is 12.2 Å². The van der Waals surface area contributed by atoms with E-state index in [0.29, 0.717) is 6.54 Å². The molecule has 2 unspecified atom stereocenters. The van der Waals surface area contributed by atoms with Crippen molar-refractivity contribution in [3.8, 4) is 0 Å². The van der Waals surface area contributed by atoms with E-state index in [9.17, 15) is 19.8 Å². The second-order valence-electron chi connectivity index (χ2n) is 8.51. The highest BCUT2D eigenvalue weighted by atomic mass is 16.5. The van der Waals surface area contributed by atoms with Crippen LogP contribution >= 0.6 is 0 Å². The molecular formula is C19H28N2O5+2. The van der Waals surface area contributed by atoms with Gasteiger partial charge in [-0.05, 0) is 20.8 Å². The number of hydrogen-bond donors (Lipinski definition) is 2. The average molecular weight is 364 g/mol. The zero-order valence-electron chi connectivity index (χ0n) is 15.6. The molecule has 2 saturated heterocycles. The largest absolute Gasteiger partial charge is 0.514 e. The zero-order chi connectivity index (χ0) is 19.2. The maximum atomic E-state index is 12.4. The Hall–Kier alpha value is -1.96. The number of morpholine rings is 1. The third-order valence-corrected chi connectivity index (χ3v) is 6.05. The molecule has 2 heterocycles. The van der Waals surface area contributed by atoms with Crippen molar-refractivity contribution < 1.29 is 33.5 Å². The molecule has 1 aromatic rings. The van der Waals surface area contributed by atoms with Gasteiger partial charge in [0.15, 0.2) is 12.1 Å². The van der Waals surface area contributed by atoms with Gasteiger partial charge < -0.3 is 14.9 Å². The molecule has 2 aliphatic rings. The van der Waals surface area contributed by atoms with Gasteiger partial charge in [0.2, 0.25) is 0 Å². The molecule has 7 heteroatoms. The van der Waals surface area contributed by atoms with Crippen molar-refractivity contribution in [1.29, 1.82) is 0 Å². The maximum absolute atomic E-state index is 12.4. The lowest BCUT2D eigenvalue weighted by molar-refractivity contribution is -1.03. The Balaban J connectivity index is 2.04. The Labute approximate surface area is 153 Å². The molecule has 2 atom stereocenters. The number of piperazine rings is 1. The number of fused-ring (bicyclic) bond motifs is 2. The van der Waals surface area contributed by atoms with Gasteiger partial charge in [-0.1, -0.05) is 30.3 Å². The molecule has 7 nitrogen and oxygen atoms in total. The van der Waals surface area contributed by atoms with Crippen LogP contribution in [-0.2, 0) is 11.3 Å². The monoisotopic (exact) mass is 364 g/mol. The van der Waals surface area contributed by atoms with Crippen molar-refractivity contribution in [3.63, 3.8) is 0 Å². The van der Waals surface area contributed by atoms with Gasteiger partial charge in [0.25, 0.3) is 0 Å². The lowest BCUT2D eigenvalue weighted by Crippen LogP contribution is -2.85. The molecule has 3 rings (SSSR count). The zero-order valence-corrected chi connectivity index (χ0v) is 15.6. The van der Waals surface area contributed by atoms with Crippen LogP contribution in [0.5, 0.6) is 0 Å². The van der Waals surface area contributed by atoms with Crippen LogP contribution in [0.25, 0.3) is 0 Å². The minimum Gasteiger partial charge on any atom is -0.435 e. The molecule has 2 fully saturated rings. The van der Waals surface area contributed by atoms with Gasteiger partial charge >= 0.3 is 12.2 Å². The van der Waals surface area contributed by atoms with Gasteiger partial charge in [0, 0.05) is 5.56 Å². The summed E-state index contributed by atoms with van der Waals surface area (Å²) in [6.07, 6.45) is -1.79. The molecule has 0 aliphatic carbocycles. The van der Waals surface area contributed by atoms with Crippen LogP contribution in [-0.4, -0.2) is 75.3 Å². The first-order valence-electron chi connectivity index (χ1n) is 8.97. The van der Waals surface area contributed by atoms with E-state index in [4.69, 9.17) is 4.74 Å². The molecule has 0 spiro atoms. The van der Waals surface area contributed by atoms with E-state index in [2.05, 4.69) is 0 Å². The van der Waals surface area contributed by atoms with Crippen molar-refractivity contribution in [1.82, 2.24) is 0 Å². The van der Waals surface area contributed by atoms with Crippen molar-refractivity contribution in [2.75, 3.05) is 26.3 Å². The molecule has 0 radical (unpaired) electrons. The molecule has 1 aromatic carbocycles. The smallest absolute Gasteiger partial charge is 0.435 e. The summed E-state index contributed by atoms with van der Waals surface area (Å²) < 4.78 is 5.40. The highest BCUT2D eigenvalue weighted by Crippen LogP contribution is 2.42. The topological polar surface area (TPSA) is 83.8 Å². The SMILES string of the molecule is CC(C)(C)[N+]1(C(=O)O)C2COCC1C[N+](Cc1ccccc1)(C(=O)O)C2. The van der Waals surface area contributed by atoms with E-state index in [0.717, 1.165) is 5.56 Å². The van der Waals surface area contributed by atoms with Gasteiger partial charge in [0.05, 0.1) is 0 Å². The molecule has 26 heavy (non-hydrogen) atoms. The summed E-state index contributed by atoms with van der Waals surface area (Å²) in [5, 5.41) is 20.3. The Morgan fingerprint density at radius 1 is 1.04 bits per heavy atom. The van der Waals surface area contributed by atoms with Crippen LogP contribution in [0, 0.1) is 0 Å². The Morgan fingerprint density at radius 3 is 2.00 bits per heavy atom. The summed E-state index contributed by atoms with van der Waals surface area (Å²) in [4.78, 5) is 24.8. The first-order valence-corrected chi connectivity index (χ1v) is 8.97. The fourth-order valence-electron chi connectivity index (χ4n) is 5.10. The summed E-state index contributed by atoms with van der Waals surface area (Å²) in [7, 11) is 0. The quantitative estimate of drug-likeness (QED) is 0.789. The maximum Gasteiger partial charge on any atom is 0.514 e. The highest BCUT2D eigenvalue weighted by molar-refractivity contribution is 5.60. The lowest BCUT2D eigenvalue weighted by atomic mass is 9.88. The van der Waals surface area contributed by atoms with E-state index in [1.54, 1.807) is 0 Å². The summed E-state index contributed by atoms with van der Waals surface area (Å²) in [5.74, 6) is 0.